The number of carboxylic acids is 1. The normalized spacial score (nSPS) is 10.2. The lowest BCUT2D eigenvalue weighted by Gasteiger charge is -2.15. The highest BCUT2D eigenvalue weighted by atomic mass is 16.5. The molecular formula is C13H18O4. The number of ether oxygens (including phenoxy) is 1. The van der Waals surface area contributed by atoms with Gasteiger partial charge in [0.25, 0.3) is 0 Å². The summed E-state index contributed by atoms with van der Waals surface area (Å²) in [5.74, 6) is 0.00449. The summed E-state index contributed by atoms with van der Waals surface area (Å²) in [5.41, 5.74) is 1.58. The number of carbonyl (C=O) groups is 1. The average Bonchev–Trinajstić information content (AvgIpc) is 2.28. The van der Waals surface area contributed by atoms with E-state index in [1.54, 1.807) is 12.1 Å². The van der Waals surface area contributed by atoms with Crippen LogP contribution in [0, 0.1) is 0 Å². The number of hydrogen-bond acceptors (Lipinski definition) is 3. The maximum Gasteiger partial charge on any atom is 0.303 e. The van der Waals surface area contributed by atoms with E-state index in [9.17, 15) is 9.90 Å². The summed E-state index contributed by atoms with van der Waals surface area (Å²) >= 11 is 0. The maximum atomic E-state index is 10.6. The van der Waals surface area contributed by atoms with E-state index in [1.165, 1.54) is 0 Å². The third-order valence-electron chi connectivity index (χ3n) is 2.57. The molecule has 0 fully saturated rings. The fraction of sp³-hybridized carbons (Fsp3) is 0.462. The summed E-state index contributed by atoms with van der Waals surface area (Å²) in [7, 11) is 0. The molecule has 0 bridgehead atoms. The zero-order valence-corrected chi connectivity index (χ0v) is 10.2. The molecule has 0 heterocycles. The van der Waals surface area contributed by atoms with E-state index < -0.39 is 5.97 Å². The van der Waals surface area contributed by atoms with Gasteiger partial charge in [-0.3, -0.25) is 4.79 Å². The predicted octanol–water partition coefficient (Wildman–Crippen LogP) is 2.37. The smallest absolute Gasteiger partial charge is 0.303 e. The van der Waals surface area contributed by atoms with Crippen LogP contribution in [0.2, 0.25) is 0 Å². The van der Waals surface area contributed by atoms with Crippen molar-refractivity contribution in [3.8, 4) is 11.5 Å². The first-order valence-corrected chi connectivity index (χ1v) is 5.78. The zero-order valence-electron chi connectivity index (χ0n) is 10.2. The molecule has 0 atom stereocenters. The molecule has 0 aliphatic heterocycles. The van der Waals surface area contributed by atoms with Crippen LogP contribution in [0.5, 0.6) is 11.5 Å². The molecule has 0 aliphatic rings. The number of phenolic OH excluding ortho intramolecular Hbond substituents is 1. The van der Waals surface area contributed by atoms with E-state index in [4.69, 9.17) is 9.84 Å². The van der Waals surface area contributed by atoms with E-state index in [-0.39, 0.29) is 12.2 Å². The Bertz CT molecular complexity index is 399. The highest BCUT2D eigenvalue weighted by Crippen LogP contribution is 2.32. The third-order valence-corrected chi connectivity index (χ3v) is 2.57. The number of phenols is 1. The Kier molecular flexibility index (Phi) is 4.82. The van der Waals surface area contributed by atoms with E-state index in [2.05, 4.69) is 0 Å². The van der Waals surface area contributed by atoms with Crippen LogP contribution in [0.1, 0.15) is 31.4 Å². The van der Waals surface area contributed by atoms with E-state index in [0.717, 1.165) is 11.1 Å². The van der Waals surface area contributed by atoms with Crippen LogP contribution in [-0.2, 0) is 17.6 Å². The molecule has 17 heavy (non-hydrogen) atoms. The second-order valence-corrected chi connectivity index (χ2v) is 3.73. The Morgan fingerprint density at radius 3 is 2.59 bits per heavy atom. The summed E-state index contributed by atoms with van der Waals surface area (Å²) in [5, 5.41) is 18.4. The minimum Gasteiger partial charge on any atom is -0.508 e. The van der Waals surface area contributed by atoms with Crippen LogP contribution in [0.4, 0.5) is 0 Å². The Morgan fingerprint density at radius 2 is 2.06 bits per heavy atom. The Balaban J connectivity index is 3.06. The second-order valence-electron chi connectivity index (χ2n) is 3.73. The van der Waals surface area contributed by atoms with Crippen molar-refractivity contribution >= 4 is 5.97 Å². The van der Waals surface area contributed by atoms with Gasteiger partial charge < -0.3 is 14.9 Å². The summed E-state index contributed by atoms with van der Waals surface area (Å²) in [6.45, 7) is 4.29. The van der Waals surface area contributed by atoms with Gasteiger partial charge >= 0.3 is 5.97 Å². The van der Waals surface area contributed by atoms with Crippen LogP contribution in [0.3, 0.4) is 0 Å². The zero-order chi connectivity index (χ0) is 12.8. The van der Waals surface area contributed by atoms with E-state index in [0.29, 0.717) is 25.2 Å². The molecule has 1 aromatic rings. The lowest BCUT2D eigenvalue weighted by Crippen LogP contribution is -2.04. The maximum absolute atomic E-state index is 10.6. The quantitative estimate of drug-likeness (QED) is 0.798. The highest BCUT2D eigenvalue weighted by molar-refractivity contribution is 5.67. The van der Waals surface area contributed by atoms with Crippen molar-refractivity contribution in [3.05, 3.63) is 23.3 Å². The van der Waals surface area contributed by atoms with E-state index >= 15 is 0 Å². The summed E-state index contributed by atoms with van der Waals surface area (Å²) in [6.07, 6.45) is 1.13. The van der Waals surface area contributed by atoms with Crippen molar-refractivity contribution in [2.75, 3.05) is 6.61 Å². The summed E-state index contributed by atoms with van der Waals surface area (Å²) in [6, 6.07) is 3.32. The minimum absolute atomic E-state index is 0.0635. The molecule has 94 valence electrons. The number of aliphatic carboxylic acids is 1. The molecule has 0 amide bonds. The molecule has 1 aromatic carbocycles. The van der Waals surface area contributed by atoms with Crippen molar-refractivity contribution in [1.29, 1.82) is 0 Å². The largest absolute Gasteiger partial charge is 0.508 e. The Morgan fingerprint density at radius 1 is 1.35 bits per heavy atom. The van der Waals surface area contributed by atoms with Gasteiger partial charge in [0.1, 0.15) is 11.5 Å². The first-order chi connectivity index (χ1) is 8.10. The molecule has 0 saturated heterocycles. The molecule has 0 spiro atoms. The van der Waals surface area contributed by atoms with Crippen LogP contribution in [-0.4, -0.2) is 22.8 Å². The van der Waals surface area contributed by atoms with Gasteiger partial charge in [0.05, 0.1) is 6.61 Å². The molecule has 4 nitrogen and oxygen atoms in total. The lowest BCUT2D eigenvalue weighted by molar-refractivity contribution is -0.136. The minimum atomic E-state index is -0.835. The first kappa shape index (κ1) is 13.4. The Hall–Kier alpha value is -1.71. The number of aryl methyl sites for hydroxylation is 1. The van der Waals surface area contributed by atoms with Gasteiger partial charge in [-0.25, -0.2) is 0 Å². The summed E-state index contributed by atoms with van der Waals surface area (Å²) < 4.78 is 5.52. The molecule has 0 aromatic heterocycles. The molecule has 0 saturated carbocycles. The standard InChI is InChI=1S/C13H18O4/c1-3-10-11(14)7-5-9(6-8-12(15)16)13(10)17-4-2/h5,7,14H,3-4,6,8H2,1-2H3,(H,15,16). The fourth-order valence-corrected chi connectivity index (χ4v) is 1.77. The predicted molar refractivity (Wildman–Crippen MR) is 64.6 cm³/mol. The van der Waals surface area contributed by atoms with Crippen molar-refractivity contribution in [2.45, 2.75) is 33.1 Å². The van der Waals surface area contributed by atoms with Crippen LogP contribution < -0.4 is 4.74 Å². The molecule has 0 unspecified atom stereocenters. The van der Waals surface area contributed by atoms with Crippen LogP contribution in [0.25, 0.3) is 0 Å². The average molecular weight is 238 g/mol. The van der Waals surface area contributed by atoms with Gasteiger partial charge in [-0.05, 0) is 31.4 Å². The van der Waals surface area contributed by atoms with E-state index in [1.807, 2.05) is 13.8 Å². The monoisotopic (exact) mass is 238 g/mol. The van der Waals surface area contributed by atoms with Gasteiger partial charge in [0.15, 0.2) is 0 Å². The fourth-order valence-electron chi connectivity index (χ4n) is 1.77. The summed E-state index contributed by atoms with van der Waals surface area (Å²) in [4.78, 5) is 10.6. The lowest BCUT2D eigenvalue weighted by atomic mass is 10.0. The third kappa shape index (κ3) is 3.37. The number of aromatic hydroxyl groups is 1. The highest BCUT2D eigenvalue weighted by Gasteiger charge is 2.13. The number of hydrogen-bond donors (Lipinski definition) is 2. The van der Waals surface area contributed by atoms with Crippen molar-refractivity contribution in [2.24, 2.45) is 0 Å². The number of carboxylic acid groups (broad SMARTS) is 1. The Labute approximate surface area is 101 Å². The second kappa shape index (κ2) is 6.13. The van der Waals surface area contributed by atoms with Crippen molar-refractivity contribution < 1.29 is 19.7 Å². The van der Waals surface area contributed by atoms with Gasteiger partial charge in [-0.1, -0.05) is 13.0 Å². The van der Waals surface area contributed by atoms with Crippen LogP contribution in [0.15, 0.2) is 12.1 Å². The number of benzene rings is 1. The van der Waals surface area contributed by atoms with Gasteiger partial charge in [0, 0.05) is 12.0 Å². The molecule has 2 N–H and O–H groups in total. The first-order valence-electron chi connectivity index (χ1n) is 5.78. The van der Waals surface area contributed by atoms with Gasteiger partial charge in [0.2, 0.25) is 0 Å². The van der Waals surface area contributed by atoms with Crippen molar-refractivity contribution in [3.63, 3.8) is 0 Å². The molecular weight excluding hydrogens is 220 g/mol. The van der Waals surface area contributed by atoms with Crippen LogP contribution >= 0.6 is 0 Å². The SMILES string of the molecule is CCOc1c(CCC(=O)O)ccc(O)c1CC. The number of rotatable bonds is 6. The van der Waals surface area contributed by atoms with Gasteiger partial charge in [-0.2, -0.15) is 0 Å². The molecule has 0 radical (unpaired) electrons. The molecule has 1 rings (SSSR count). The molecule has 0 aliphatic carbocycles. The topological polar surface area (TPSA) is 66.8 Å². The van der Waals surface area contributed by atoms with Gasteiger partial charge in [-0.15, -0.1) is 0 Å². The van der Waals surface area contributed by atoms with Crippen molar-refractivity contribution in [1.82, 2.24) is 0 Å². The molecule has 4 heteroatoms.